The highest BCUT2D eigenvalue weighted by atomic mass is 16.2. The van der Waals surface area contributed by atoms with E-state index >= 15 is 0 Å². The number of para-hydroxylation sites is 1. The van der Waals surface area contributed by atoms with Crippen LogP contribution in [0.1, 0.15) is 24.3 Å². The molecular weight excluding hydrogens is 252 g/mol. The van der Waals surface area contributed by atoms with Crippen molar-refractivity contribution in [1.82, 2.24) is 20.0 Å². The summed E-state index contributed by atoms with van der Waals surface area (Å²) in [4.78, 5) is 14.8. The number of nitrogens with one attached hydrogen (secondary N) is 1. The monoisotopic (exact) mass is 272 g/mol. The molecule has 1 fully saturated rings. The minimum Gasteiger partial charge on any atom is -0.330 e. The fourth-order valence-corrected chi connectivity index (χ4v) is 2.86. The summed E-state index contributed by atoms with van der Waals surface area (Å²) < 4.78 is 1.78. The SMILES string of the molecule is Cn1nc(C(=O)N2CCNCC2(C)C)c2ccccc21. The smallest absolute Gasteiger partial charge is 0.275 e. The molecule has 1 aliphatic heterocycles. The van der Waals surface area contributed by atoms with Crippen molar-refractivity contribution in [2.75, 3.05) is 19.6 Å². The topological polar surface area (TPSA) is 50.2 Å². The standard InChI is InChI=1S/C15H20N4O/c1-15(2)10-16-8-9-19(15)14(20)13-11-6-4-5-7-12(11)18(3)17-13/h4-7,16H,8-10H2,1-3H3. The van der Waals surface area contributed by atoms with Crippen LogP contribution in [0.5, 0.6) is 0 Å². The van der Waals surface area contributed by atoms with E-state index in [9.17, 15) is 4.79 Å². The van der Waals surface area contributed by atoms with Gasteiger partial charge in [0.15, 0.2) is 5.69 Å². The first-order valence-corrected chi connectivity index (χ1v) is 6.95. The van der Waals surface area contributed by atoms with Crippen molar-refractivity contribution in [3.05, 3.63) is 30.0 Å². The molecule has 2 aromatic rings. The molecule has 3 rings (SSSR count). The van der Waals surface area contributed by atoms with E-state index in [0.717, 1.165) is 30.5 Å². The molecule has 0 radical (unpaired) electrons. The molecule has 5 nitrogen and oxygen atoms in total. The lowest BCUT2D eigenvalue weighted by Crippen LogP contribution is -2.59. The number of nitrogens with zero attached hydrogens (tertiary/aromatic N) is 3. The Bertz CT molecular complexity index is 659. The van der Waals surface area contributed by atoms with E-state index in [2.05, 4.69) is 24.3 Å². The van der Waals surface area contributed by atoms with E-state index in [4.69, 9.17) is 0 Å². The third-order valence-corrected chi connectivity index (χ3v) is 4.01. The molecule has 0 atom stereocenters. The molecule has 20 heavy (non-hydrogen) atoms. The minimum absolute atomic E-state index is 0.0216. The van der Waals surface area contributed by atoms with Crippen molar-refractivity contribution >= 4 is 16.8 Å². The van der Waals surface area contributed by atoms with Crippen LogP contribution in [0.2, 0.25) is 0 Å². The second-order valence-corrected chi connectivity index (χ2v) is 5.94. The van der Waals surface area contributed by atoms with Crippen LogP contribution in [0, 0.1) is 0 Å². The number of hydrogen-bond donors (Lipinski definition) is 1. The molecule has 0 aliphatic carbocycles. The Balaban J connectivity index is 2.04. The first-order chi connectivity index (χ1) is 9.50. The van der Waals surface area contributed by atoms with Gasteiger partial charge in [0.25, 0.3) is 5.91 Å². The van der Waals surface area contributed by atoms with Crippen molar-refractivity contribution in [2.24, 2.45) is 7.05 Å². The van der Waals surface area contributed by atoms with E-state index in [1.807, 2.05) is 36.2 Å². The fourth-order valence-electron chi connectivity index (χ4n) is 2.86. The van der Waals surface area contributed by atoms with Crippen molar-refractivity contribution in [2.45, 2.75) is 19.4 Å². The highest BCUT2D eigenvalue weighted by Crippen LogP contribution is 2.23. The molecule has 1 amide bonds. The van der Waals surface area contributed by atoms with Gasteiger partial charge in [-0.3, -0.25) is 9.48 Å². The third kappa shape index (κ3) is 1.98. The van der Waals surface area contributed by atoms with Crippen molar-refractivity contribution in [3.8, 4) is 0 Å². The largest absolute Gasteiger partial charge is 0.330 e. The van der Waals surface area contributed by atoms with Crippen LogP contribution in [0.4, 0.5) is 0 Å². The number of rotatable bonds is 1. The Morgan fingerprint density at radius 2 is 2.10 bits per heavy atom. The van der Waals surface area contributed by atoms with Gasteiger partial charge in [-0.25, -0.2) is 0 Å². The summed E-state index contributed by atoms with van der Waals surface area (Å²) in [5.74, 6) is 0.0216. The van der Waals surface area contributed by atoms with Gasteiger partial charge in [-0.1, -0.05) is 18.2 Å². The summed E-state index contributed by atoms with van der Waals surface area (Å²) >= 11 is 0. The summed E-state index contributed by atoms with van der Waals surface area (Å²) in [5, 5.41) is 8.69. The Hall–Kier alpha value is -1.88. The maximum absolute atomic E-state index is 12.9. The van der Waals surface area contributed by atoms with E-state index in [1.165, 1.54) is 0 Å². The van der Waals surface area contributed by atoms with Crippen LogP contribution < -0.4 is 5.32 Å². The number of amides is 1. The summed E-state index contributed by atoms with van der Waals surface area (Å²) in [6.07, 6.45) is 0. The van der Waals surface area contributed by atoms with Crippen molar-refractivity contribution in [3.63, 3.8) is 0 Å². The fraction of sp³-hybridized carbons (Fsp3) is 0.467. The van der Waals surface area contributed by atoms with Crippen molar-refractivity contribution < 1.29 is 4.79 Å². The summed E-state index contributed by atoms with van der Waals surface area (Å²) in [6, 6.07) is 7.86. The molecule has 0 bridgehead atoms. The average Bonchev–Trinajstić information content (AvgIpc) is 2.76. The Morgan fingerprint density at radius 3 is 2.85 bits per heavy atom. The zero-order valence-electron chi connectivity index (χ0n) is 12.2. The molecule has 1 saturated heterocycles. The van der Waals surface area contributed by atoms with Gasteiger partial charge in [0, 0.05) is 32.1 Å². The Labute approximate surface area is 118 Å². The molecule has 106 valence electrons. The van der Waals surface area contributed by atoms with E-state index < -0.39 is 0 Å². The van der Waals surface area contributed by atoms with Gasteiger partial charge in [0.1, 0.15) is 0 Å². The molecule has 0 unspecified atom stereocenters. The molecule has 0 spiro atoms. The number of carbonyl (C=O) groups is 1. The van der Waals surface area contributed by atoms with Gasteiger partial charge >= 0.3 is 0 Å². The first kappa shape index (κ1) is 13.1. The number of hydrogen-bond acceptors (Lipinski definition) is 3. The predicted molar refractivity (Wildman–Crippen MR) is 78.7 cm³/mol. The number of aromatic nitrogens is 2. The normalized spacial score (nSPS) is 18.4. The molecule has 5 heteroatoms. The summed E-state index contributed by atoms with van der Waals surface area (Å²) in [5.41, 5.74) is 1.36. The van der Waals surface area contributed by atoms with Gasteiger partial charge in [0.05, 0.1) is 11.1 Å². The molecule has 1 aromatic heterocycles. The average molecular weight is 272 g/mol. The summed E-state index contributed by atoms with van der Waals surface area (Å²) in [6.45, 7) is 6.53. The number of piperazine rings is 1. The van der Waals surface area contributed by atoms with Crippen LogP contribution >= 0.6 is 0 Å². The maximum atomic E-state index is 12.9. The molecule has 1 N–H and O–H groups in total. The molecule has 1 aromatic carbocycles. The lowest BCUT2D eigenvalue weighted by molar-refractivity contribution is 0.0472. The van der Waals surface area contributed by atoms with Crippen molar-refractivity contribution in [1.29, 1.82) is 0 Å². The zero-order valence-corrected chi connectivity index (χ0v) is 12.2. The van der Waals surface area contributed by atoms with Gasteiger partial charge in [-0.2, -0.15) is 5.10 Å². The lowest BCUT2D eigenvalue weighted by atomic mass is 9.99. The highest BCUT2D eigenvalue weighted by molar-refractivity contribution is 6.05. The lowest BCUT2D eigenvalue weighted by Gasteiger charge is -2.42. The first-order valence-electron chi connectivity index (χ1n) is 6.95. The second-order valence-electron chi connectivity index (χ2n) is 5.94. The second kappa shape index (κ2) is 4.59. The van der Waals surface area contributed by atoms with E-state index in [1.54, 1.807) is 4.68 Å². The maximum Gasteiger partial charge on any atom is 0.275 e. The molecule has 0 saturated carbocycles. The quantitative estimate of drug-likeness (QED) is 0.853. The van der Waals surface area contributed by atoms with Crippen LogP contribution in [0.3, 0.4) is 0 Å². The van der Waals surface area contributed by atoms with Crippen LogP contribution in [-0.4, -0.2) is 45.8 Å². The molecule has 2 heterocycles. The van der Waals surface area contributed by atoms with Crippen LogP contribution in [-0.2, 0) is 7.05 Å². The number of aryl methyl sites for hydroxylation is 1. The number of carbonyl (C=O) groups excluding carboxylic acids is 1. The van der Waals surface area contributed by atoms with Crippen LogP contribution in [0.25, 0.3) is 10.9 Å². The minimum atomic E-state index is -0.187. The van der Waals surface area contributed by atoms with Gasteiger partial charge < -0.3 is 10.2 Å². The molecule has 1 aliphatic rings. The van der Waals surface area contributed by atoms with Gasteiger partial charge in [0.2, 0.25) is 0 Å². The predicted octanol–water partition coefficient (Wildman–Crippen LogP) is 1.40. The Morgan fingerprint density at radius 1 is 1.35 bits per heavy atom. The third-order valence-electron chi connectivity index (χ3n) is 4.01. The zero-order chi connectivity index (χ0) is 14.3. The number of benzene rings is 1. The van der Waals surface area contributed by atoms with E-state index in [-0.39, 0.29) is 11.4 Å². The van der Waals surface area contributed by atoms with E-state index in [0.29, 0.717) is 5.69 Å². The Kier molecular flexibility index (Phi) is 3.01. The summed E-state index contributed by atoms with van der Waals surface area (Å²) in [7, 11) is 1.88. The van der Waals surface area contributed by atoms with Gasteiger partial charge in [-0.15, -0.1) is 0 Å². The number of fused-ring (bicyclic) bond motifs is 1. The molecular formula is C15H20N4O. The van der Waals surface area contributed by atoms with Gasteiger partial charge in [-0.05, 0) is 19.9 Å². The highest BCUT2D eigenvalue weighted by Gasteiger charge is 2.35. The van der Waals surface area contributed by atoms with Crippen LogP contribution in [0.15, 0.2) is 24.3 Å².